The summed E-state index contributed by atoms with van der Waals surface area (Å²) in [6.45, 7) is 2.64. The second-order valence-corrected chi connectivity index (χ2v) is 3.72. The molecule has 1 fully saturated rings. The Labute approximate surface area is 88.6 Å². The Kier molecular flexibility index (Phi) is 4.27. The second kappa shape index (κ2) is 5.48. The molecule has 5 heteroatoms. The van der Waals surface area contributed by atoms with Crippen molar-refractivity contribution in [1.82, 2.24) is 10.6 Å². The van der Waals surface area contributed by atoms with E-state index in [0.717, 1.165) is 12.8 Å². The zero-order chi connectivity index (χ0) is 11.3. The van der Waals surface area contributed by atoms with Gasteiger partial charge in [-0.05, 0) is 6.42 Å². The van der Waals surface area contributed by atoms with Crippen molar-refractivity contribution >= 4 is 17.7 Å². The van der Waals surface area contributed by atoms with Gasteiger partial charge in [0.1, 0.15) is 0 Å². The highest BCUT2D eigenvalue weighted by atomic mass is 16.2. The number of piperidine rings is 1. The molecule has 0 bridgehead atoms. The van der Waals surface area contributed by atoms with Crippen molar-refractivity contribution in [1.29, 1.82) is 0 Å². The summed E-state index contributed by atoms with van der Waals surface area (Å²) in [5.41, 5.74) is 0. The lowest BCUT2D eigenvalue weighted by atomic mass is 9.96. The minimum absolute atomic E-state index is 0.115. The van der Waals surface area contributed by atoms with Crippen molar-refractivity contribution in [2.45, 2.75) is 32.6 Å². The topological polar surface area (TPSA) is 75.3 Å². The van der Waals surface area contributed by atoms with Crippen molar-refractivity contribution < 1.29 is 14.4 Å². The van der Waals surface area contributed by atoms with Crippen LogP contribution in [0.4, 0.5) is 0 Å². The first-order chi connectivity index (χ1) is 7.13. The number of nitrogens with one attached hydrogen (secondary N) is 2. The van der Waals surface area contributed by atoms with Crippen LogP contribution < -0.4 is 10.6 Å². The van der Waals surface area contributed by atoms with Gasteiger partial charge in [-0.15, -0.1) is 0 Å². The predicted octanol–water partition coefficient (Wildman–Crippen LogP) is -0.0445. The molecule has 1 rings (SSSR count). The van der Waals surface area contributed by atoms with Crippen LogP contribution in [0.2, 0.25) is 0 Å². The number of hydrogen-bond donors (Lipinski definition) is 2. The highest BCUT2D eigenvalue weighted by Gasteiger charge is 2.29. The summed E-state index contributed by atoms with van der Waals surface area (Å²) in [6, 6.07) is 0. The lowest BCUT2D eigenvalue weighted by Gasteiger charge is -2.19. The van der Waals surface area contributed by atoms with Crippen molar-refractivity contribution in [3.8, 4) is 0 Å². The zero-order valence-electron chi connectivity index (χ0n) is 8.84. The fraction of sp³-hybridized carbons (Fsp3) is 0.700. The van der Waals surface area contributed by atoms with Gasteiger partial charge >= 0.3 is 0 Å². The number of amides is 3. The molecule has 1 aliphatic rings. The molecule has 0 aliphatic carbocycles. The summed E-state index contributed by atoms with van der Waals surface area (Å²) >= 11 is 0. The quantitative estimate of drug-likeness (QED) is 0.507. The fourth-order valence-corrected chi connectivity index (χ4v) is 1.50. The molecular formula is C10H16N2O3. The highest BCUT2D eigenvalue weighted by Crippen LogP contribution is 2.13. The molecule has 0 saturated carbocycles. The Morgan fingerprint density at radius 3 is 2.53 bits per heavy atom. The molecule has 0 aromatic heterocycles. The Balaban J connectivity index is 2.38. The third-order valence-electron chi connectivity index (χ3n) is 2.34. The van der Waals surface area contributed by atoms with Gasteiger partial charge in [0.05, 0.1) is 5.92 Å². The van der Waals surface area contributed by atoms with Crippen LogP contribution in [0, 0.1) is 5.92 Å². The molecule has 84 valence electrons. The number of unbranched alkanes of at least 4 members (excludes halogenated alkanes) is 1. The third-order valence-corrected chi connectivity index (χ3v) is 2.34. The van der Waals surface area contributed by atoms with E-state index in [1.54, 1.807) is 0 Å². The minimum Gasteiger partial charge on any atom is -0.356 e. The number of rotatable bonds is 4. The van der Waals surface area contributed by atoms with Gasteiger partial charge in [0, 0.05) is 19.4 Å². The van der Waals surface area contributed by atoms with Crippen LogP contribution in [0.15, 0.2) is 0 Å². The predicted molar refractivity (Wildman–Crippen MR) is 53.8 cm³/mol. The van der Waals surface area contributed by atoms with Gasteiger partial charge in [-0.3, -0.25) is 19.7 Å². The molecule has 3 amide bonds. The normalized spacial score (nSPS) is 17.4. The molecule has 2 N–H and O–H groups in total. The molecule has 1 heterocycles. The van der Waals surface area contributed by atoms with Gasteiger partial charge in [-0.1, -0.05) is 13.3 Å². The molecule has 0 radical (unpaired) electrons. The Morgan fingerprint density at radius 2 is 2.00 bits per heavy atom. The molecule has 15 heavy (non-hydrogen) atoms. The molecule has 0 aromatic carbocycles. The van der Waals surface area contributed by atoms with Gasteiger partial charge in [0.25, 0.3) is 0 Å². The van der Waals surface area contributed by atoms with E-state index in [-0.39, 0.29) is 30.6 Å². The number of carbonyl (C=O) groups is 3. The van der Waals surface area contributed by atoms with Gasteiger partial charge in [0.15, 0.2) is 0 Å². The maximum atomic E-state index is 11.5. The first kappa shape index (κ1) is 11.7. The third kappa shape index (κ3) is 3.69. The van der Waals surface area contributed by atoms with Gasteiger partial charge in [-0.25, -0.2) is 0 Å². The summed E-state index contributed by atoms with van der Waals surface area (Å²) in [5.74, 6) is -1.39. The van der Waals surface area contributed by atoms with E-state index in [9.17, 15) is 14.4 Å². The molecule has 0 spiro atoms. The van der Waals surface area contributed by atoms with E-state index in [1.165, 1.54) is 0 Å². The van der Waals surface area contributed by atoms with Gasteiger partial charge < -0.3 is 5.32 Å². The van der Waals surface area contributed by atoms with Crippen LogP contribution in [0.25, 0.3) is 0 Å². The Bertz CT molecular complexity index is 260. The summed E-state index contributed by atoms with van der Waals surface area (Å²) < 4.78 is 0. The second-order valence-electron chi connectivity index (χ2n) is 3.72. The van der Waals surface area contributed by atoms with E-state index in [0.29, 0.717) is 6.54 Å². The van der Waals surface area contributed by atoms with E-state index in [1.807, 2.05) is 6.92 Å². The Morgan fingerprint density at radius 1 is 1.40 bits per heavy atom. The minimum atomic E-state index is -0.483. The standard InChI is InChI=1S/C10H16N2O3/c1-2-3-4-11-10(15)7-5-8(13)12-9(14)6-7/h7H,2-6H2,1H3,(H,11,15)(H,12,13,14). The highest BCUT2D eigenvalue weighted by molar-refractivity contribution is 6.02. The van der Waals surface area contributed by atoms with Crippen LogP contribution >= 0.6 is 0 Å². The molecule has 1 aliphatic heterocycles. The summed E-state index contributed by atoms with van der Waals surface area (Å²) in [6.07, 6.45) is 2.15. The summed E-state index contributed by atoms with van der Waals surface area (Å²) in [5, 5.41) is 4.90. The van der Waals surface area contributed by atoms with Crippen molar-refractivity contribution in [2.24, 2.45) is 5.92 Å². The number of hydrogen-bond acceptors (Lipinski definition) is 3. The van der Waals surface area contributed by atoms with E-state index in [2.05, 4.69) is 10.6 Å². The zero-order valence-corrected chi connectivity index (χ0v) is 8.84. The average Bonchev–Trinajstić information content (AvgIpc) is 2.16. The number of carbonyl (C=O) groups excluding carboxylic acids is 3. The van der Waals surface area contributed by atoms with Crippen LogP contribution in [-0.4, -0.2) is 24.3 Å². The SMILES string of the molecule is CCCCNC(=O)C1CC(=O)NC(=O)C1. The van der Waals surface area contributed by atoms with Gasteiger partial charge in [0.2, 0.25) is 17.7 Å². The van der Waals surface area contributed by atoms with E-state index >= 15 is 0 Å². The average molecular weight is 212 g/mol. The van der Waals surface area contributed by atoms with Crippen molar-refractivity contribution in [3.63, 3.8) is 0 Å². The summed E-state index contributed by atoms with van der Waals surface area (Å²) in [4.78, 5) is 33.5. The molecule has 0 aromatic rings. The first-order valence-electron chi connectivity index (χ1n) is 5.24. The first-order valence-corrected chi connectivity index (χ1v) is 5.24. The summed E-state index contributed by atoms with van der Waals surface area (Å²) in [7, 11) is 0. The lowest BCUT2D eigenvalue weighted by Crippen LogP contribution is -2.44. The fourth-order valence-electron chi connectivity index (χ4n) is 1.50. The van der Waals surface area contributed by atoms with Crippen molar-refractivity contribution in [3.05, 3.63) is 0 Å². The molecule has 1 saturated heterocycles. The Hall–Kier alpha value is -1.39. The smallest absolute Gasteiger partial charge is 0.227 e. The maximum absolute atomic E-state index is 11.5. The number of imide groups is 1. The molecule has 0 atom stereocenters. The van der Waals surface area contributed by atoms with Crippen molar-refractivity contribution in [2.75, 3.05) is 6.54 Å². The lowest BCUT2D eigenvalue weighted by molar-refractivity contribution is -0.140. The van der Waals surface area contributed by atoms with Crippen LogP contribution in [0.5, 0.6) is 0 Å². The van der Waals surface area contributed by atoms with E-state index in [4.69, 9.17) is 0 Å². The van der Waals surface area contributed by atoms with Crippen LogP contribution in [-0.2, 0) is 14.4 Å². The maximum Gasteiger partial charge on any atom is 0.227 e. The molecule has 5 nitrogen and oxygen atoms in total. The van der Waals surface area contributed by atoms with Gasteiger partial charge in [-0.2, -0.15) is 0 Å². The largest absolute Gasteiger partial charge is 0.356 e. The molecule has 0 unspecified atom stereocenters. The van der Waals surface area contributed by atoms with Crippen LogP contribution in [0.1, 0.15) is 32.6 Å². The molecular weight excluding hydrogens is 196 g/mol. The monoisotopic (exact) mass is 212 g/mol. The van der Waals surface area contributed by atoms with E-state index < -0.39 is 5.92 Å². The van der Waals surface area contributed by atoms with Crippen LogP contribution in [0.3, 0.4) is 0 Å².